The van der Waals surface area contributed by atoms with E-state index in [2.05, 4.69) is 4.72 Å². The Morgan fingerprint density at radius 1 is 0.912 bits per heavy atom. The summed E-state index contributed by atoms with van der Waals surface area (Å²) >= 11 is 0. The van der Waals surface area contributed by atoms with Crippen molar-refractivity contribution in [2.24, 2.45) is 0 Å². The molecule has 4 N–H and O–H groups in total. The van der Waals surface area contributed by atoms with Crippen LogP contribution < -0.4 is 4.72 Å². The van der Waals surface area contributed by atoms with Crippen molar-refractivity contribution in [1.82, 2.24) is 4.72 Å². The maximum absolute atomic E-state index is 12.8. The molecule has 0 spiro atoms. The highest BCUT2D eigenvalue weighted by molar-refractivity contribution is 7.89. The number of rotatable bonds is 8. The smallest absolute Gasteiger partial charge is 0.240 e. The van der Waals surface area contributed by atoms with E-state index in [0.29, 0.717) is 17.5 Å². The lowest BCUT2D eigenvalue weighted by Gasteiger charge is -2.07. The van der Waals surface area contributed by atoms with E-state index in [0.717, 1.165) is 36.1 Å². The van der Waals surface area contributed by atoms with Gasteiger partial charge in [0.25, 0.3) is 0 Å². The Labute approximate surface area is 196 Å². The highest BCUT2D eigenvalue weighted by Crippen LogP contribution is 2.36. The second-order valence-corrected chi connectivity index (χ2v) is 9.60. The molecular formula is C25H23NO7S. The van der Waals surface area contributed by atoms with Gasteiger partial charge in [-0.2, -0.15) is 0 Å². The van der Waals surface area contributed by atoms with Crippen LogP contribution in [0.5, 0.6) is 17.2 Å². The molecule has 9 heteroatoms. The minimum absolute atomic E-state index is 0.00349. The van der Waals surface area contributed by atoms with E-state index in [1.807, 2.05) is 13.0 Å². The molecule has 0 saturated heterocycles. The van der Waals surface area contributed by atoms with Crippen LogP contribution >= 0.6 is 0 Å². The molecule has 1 aromatic heterocycles. The van der Waals surface area contributed by atoms with Gasteiger partial charge in [0.2, 0.25) is 15.8 Å². The Morgan fingerprint density at radius 3 is 2.21 bits per heavy atom. The van der Waals surface area contributed by atoms with Gasteiger partial charge in [-0.25, -0.2) is 13.1 Å². The average Bonchev–Trinajstić information content (AvgIpc) is 3.25. The molecule has 0 saturated carbocycles. The van der Waals surface area contributed by atoms with Crippen molar-refractivity contribution in [3.63, 3.8) is 0 Å². The van der Waals surface area contributed by atoms with Crippen LogP contribution in [-0.2, 0) is 10.0 Å². The minimum atomic E-state index is -3.56. The number of phenols is 3. The van der Waals surface area contributed by atoms with E-state index in [9.17, 15) is 28.5 Å². The monoisotopic (exact) mass is 481 g/mol. The van der Waals surface area contributed by atoms with Gasteiger partial charge >= 0.3 is 0 Å². The number of ketones is 1. The van der Waals surface area contributed by atoms with E-state index in [4.69, 9.17) is 4.42 Å². The van der Waals surface area contributed by atoms with Crippen molar-refractivity contribution in [3.8, 4) is 28.4 Å². The number of sulfonamides is 1. The second kappa shape index (κ2) is 9.20. The number of aromatic hydroxyl groups is 3. The van der Waals surface area contributed by atoms with Crippen LogP contribution in [-0.4, -0.2) is 36.1 Å². The van der Waals surface area contributed by atoms with Crippen LogP contribution in [0.4, 0.5) is 0 Å². The molecule has 4 aromatic rings. The first-order valence-corrected chi connectivity index (χ1v) is 12.1. The number of phenolic OH excluding ortho intramolecular Hbond substituents is 3. The van der Waals surface area contributed by atoms with E-state index < -0.39 is 33.1 Å². The predicted octanol–water partition coefficient (Wildman–Crippen LogP) is 4.53. The van der Waals surface area contributed by atoms with Crippen molar-refractivity contribution in [3.05, 3.63) is 72.0 Å². The predicted molar refractivity (Wildman–Crippen MR) is 127 cm³/mol. The lowest BCUT2D eigenvalue weighted by Crippen LogP contribution is -2.24. The summed E-state index contributed by atoms with van der Waals surface area (Å²) in [5.74, 6) is -2.52. The molecule has 0 amide bonds. The quantitative estimate of drug-likeness (QED) is 0.165. The second-order valence-electron chi connectivity index (χ2n) is 7.83. The van der Waals surface area contributed by atoms with Gasteiger partial charge in [0, 0.05) is 17.5 Å². The van der Waals surface area contributed by atoms with Crippen LogP contribution in [0.3, 0.4) is 0 Å². The van der Waals surface area contributed by atoms with Crippen LogP contribution in [0.2, 0.25) is 0 Å². The summed E-state index contributed by atoms with van der Waals surface area (Å²) in [5.41, 5.74) is 2.00. The van der Waals surface area contributed by atoms with E-state index in [-0.39, 0.29) is 16.2 Å². The van der Waals surface area contributed by atoms with Gasteiger partial charge < -0.3 is 19.7 Å². The van der Waals surface area contributed by atoms with Gasteiger partial charge in [-0.1, -0.05) is 31.5 Å². The Balaban J connectivity index is 1.60. The van der Waals surface area contributed by atoms with Crippen LogP contribution in [0.25, 0.3) is 22.1 Å². The zero-order valence-corrected chi connectivity index (χ0v) is 19.1. The highest BCUT2D eigenvalue weighted by Gasteiger charge is 2.19. The van der Waals surface area contributed by atoms with Gasteiger partial charge in [0.15, 0.2) is 23.0 Å². The number of carbonyl (C=O) groups is 1. The summed E-state index contributed by atoms with van der Waals surface area (Å²) in [6.07, 6.45) is 1.66. The Morgan fingerprint density at radius 2 is 1.56 bits per heavy atom. The molecule has 34 heavy (non-hydrogen) atoms. The summed E-state index contributed by atoms with van der Waals surface area (Å²) < 4.78 is 33.0. The molecule has 4 rings (SSSR count). The molecule has 0 fully saturated rings. The summed E-state index contributed by atoms with van der Waals surface area (Å²) in [6, 6.07) is 15.4. The third-order valence-electron chi connectivity index (χ3n) is 5.39. The molecule has 0 bridgehead atoms. The Hall–Kier alpha value is -3.82. The molecule has 1 heterocycles. The Bertz CT molecular complexity index is 1450. The van der Waals surface area contributed by atoms with Gasteiger partial charge in [-0.3, -0.25) is 4.79 Å². The molecule has 8 nitrogen and oxygen atoms in total. The standard InChI is InChI=1S/C25H23NO7S/c1-2-3-10-26-34(31,32)19-7-4-15(5-8-19)16-6-9-22-17(11-16)14-23(33-22)24(29)18-12-20(27)25(30)21(28)13-18/h4-9,11-14,26-28,30H,2-3,10H2,1H3. The van der Waals surface area contributed by atoms with Crippen molar-refractivity contribution >= 4 is 26.8 Å². The third kappa shape index (κ3) is 4.61. The number of benzene rings is 3. The number of carbonyl (C=O) groups excluding carboxylic acids is 1. The van der Waals surface area contributed by atoms with Gasteiger partial charge in [-0.15, -0.1) is 0 Å². The lowest BCUT2D eigenvalue weighted by molar-refractivity contribution is 0.101. The first-order chi connectivity index (χ1) is 16.2. The number of furan rings is 1. The number of nitrogens with one attached hydrogen (secondary N) is 1. The molecule has 0 aliphatic heterocycles. The number of hydrogen-bond acceptors (Lipinski definition) is 7. The fraction of sp³-hybridized carbons (Fsp3) is 0.160. The van der Waals surface area contributed by atoms with E-state index in [1.54, 1.807) is 42.5 Å². The van der Waals surface area contributed by atoms with Crippen LogP contribution in [0.1, 0.15) is 35.9 Å². The van der Waals surface area contributed by atoms with Crippen molar-refractivity contribution in [1.29, 1.82) is 0 Å². The van der Waals surface area contributed by atoms with Crippen molar-refractivity contribution in [2.45, 2.75) is 24.7 Å². The summed E-state index contributed by atoms with van der Waals surface area (Å²) in [5, 5.41) is 29.5. The fourth-order valence-corrected chi connectivity index (χ4v) is 4.58. The summed E-state index contributed by atoms with van der Waals surface area (Å²) in [4.78, 5) is 12.9. The number of unbranched alkanes of at least 4 members (excludes halogenated alkanes) is 1. The van der Waals surface area contributed by atoms with Gasteiger partial charge in [0.05, 0.1) is 4.90 Å². The summed E-state index contributed by atoms with van der Waals surface area (Å²) in [6.45, 7) is 2.38. The average molecular weight is 482 g/mol. The van der Waals surface area contributed by atoms with E-state index in [1.165, 1.54) is 0 Å². The van der Waals surface area contributed by atoms with Crippen molar-refractivity contribution < 1.29 is 32.9 Å². The zero-order valence-electron chi connectivity index (χ0n) is 18.3. The van der Waals surface area contributed by atoms with E-state index >= 15 is 0 Å². The molecule has 0 aliphatic carbocycles. The molecule has 0 unspecified atom stereocenters. The Kier molecular flexibility index (Phi) is 6.32. The molecule has 0 radical (unpaired) electrons. The van der Waals surface area contributed by atoms with Gasteiger partial charge in [-0.05, 0) is 60.0 Å². The lowest BCUT2D eigenvalue weighted by atomic mass is 10.0. The first-order valence-electron chi connectivity index (χ1n) is 10.6. The molecular weight excluding hydrogens is 458 g/mol. The van der Waals surface area contributed by atoms with Crippen LogP contribution in [0.15, 0.2) is 70.0 Å². The topological polar surface area (TPSA) is 137 Å². The maximum atomic E-state index is 12.8. The fourth-order valence-electron chi connectivity index (χ4n) is 3.51. The number of hydrogen-bond donors (Lipinski definition) is 4. The summed E-state index contributed by atoms with van der Waals surface area (Å²) in [7, 11) is -3.56. The normalized spacial score (nSPS) is 11.7. The zero-order chi connectivity index (χ0) is 24.5. The SMILES string of the molecule is CCCCNS(=O)(=O)c1ccc(-c2ccc3oc(C(=O)c4cc(O)c(O)c(O)c4)cc3c2)cc1. The number of fused-ring (bicyclic) bond motifs is 1. The molecule has 0 atom stereocenters. The molecule has 176 valence electrons. The molecule has 3 aromatic carbocycles. The first kappa shape index (κ1) is 23.3. The maximum Gasteiger partial charge on any atom is 0.240 e. The largest absolute Gasteiger partial charge is 0.504 e. The van der Waals surface area contributed by atoms with Crippen LogP contribution in [0, 0.1) is 0 Å². The van der Waals surface area contributed by atoms with Gasteiger partial charge in [0.1, 0.15) is 5.58 Å². The molecule has 0 aliphatic rings. The minimum Gasteiger partial charge on any atom is -0.504 e. The van der Waals surface area contributed by atoms with Crippen molar-refractivity contribution in [2.75, 3.05) is 6.54 Å². The highest BCUT2D eigenvalue weighted by atomic mass is 32.2. The third-order valence-corrected chi connectivity index (χ3v) is 6.87.